The first-order chi connectivity index (χ1) is 4.18. The van der Waals surface area contributed by atoms with Crippen LogP contribution in [-0.4, -0.2) is 11.7 Å². The number of hydrogen-bond donors (Lipinski definition) is 2. The summed E-state index contributed by atoms with van der Waals surface area (Å²) in [5.74, 6) is 0.609. The molecule has 0 aromatic rings. The summed E-state index contributed by atoms with van der Waals surface area (Å²) >= 11 is 4.13. The van der Waals surface area contributed by atoms with E-state index in [-0.39, 0.29) is 11.3 Å². The first-order valence-electron chi connectivity index (χ1n) is 3.08. The average molecular weight is 145 g/mol. The zero-order valence-corrected chi connectivity index (χ0v) is 6.16. The minimum absolute atomic E-state index is 0.193. The molecule has 0 atom stereocenters. The first kappa shape index (κ1) is 6.93. The lowest BCUT2D eigenvalue weighted by atomic mass is 10.1. The van der Waals surface area contributed by atoms with E-state index < -0.39 is 0 Å². The van der Waals surface area contributed by atoms with Crippen LogP contribution in [0.15, 0.2) is 0 Å². The molecule has 0 spiro atoms. The van der Waals surface area contributed by atoms with E-state index in [4.69, 9.17) is 5.73 Å². The molecular weight excluding hydrogens is 134 g/mol. The van der Waals surface area contributed by atoms with Crippen molar-refractivity contribution < 1.29 is 4.79 Å². The van der Waals surface area contributed by atoms with E-state index >= 15 is 0 Å². The van der Waals surface area contributed by atoms with Crippen molar-refractivity contribution >= 4 is 18.5 Å². The number of primary amides is 1. The van der Waals surface area contributed by atoms with Gasteiger partial charge in [-0.05, 0) is 24.0 Å². The van der Waals surface area contributed by atoms with Crippen LogP contribution >= 0.6 is 12.6 Å². The standard InChI is InChI=1S/C6H11NOS/c7-5(8)3-6(4-9)1-2-6/h9H,1-4H2,(H2,7,8). The van der Waals surface area contributed by atoms with Gasteiger partial charge in [0.05, 0.1) is 0 Å². The van der Waals surface area contributed by atoms with Crippen LogP contribution < -0.4 is 5.73 Å². The summed E-state index contributed by atoms with van der Waals surface area (Å²) in [7, 11) is 0. The molecule has 0 aromatic heterocycles. The predicted molar refractivity (Wildman–Crippen MR) is 39.3 cm³/mol. The molecule has 0 heterocycles. The maximum absolute atomic E-state index is 10.4. The van der Waals surface area contributed by atoms with Gasteiger partial charge < -0.3 is 5.73 Å². The fourth-order valence-corrected chi connectivity index (χ4v) is 1.37. The van der Waals surface area contributed by atoms with Crippen LogP contribution in [0.3, 0.4) is 0 Å². The van der Waals surface area contributed by atoms with Crippen molar-refractivity contribution in [1.82, 2.24) is 0 Å². The molecule has 0 aromatic carbocycles. The highest BCUT2D eigenvalue weighted by Crippen LogP contribution is 2.49. The number of carbonyl (C=O) groups excluding carboxylic acids is 1. The van der Waals surface area contributed by atoms with Gasteiger partial charge in [-0.15, -0.1) is 0 Å². The maximum atomic E-state index is 10.4. The summed E-state index contributed by atoms with van der Waals surface area (Å²) < 4.78 is 0. The lowest BCUT2D eigenvalue weighted by Gasteiger charge is -2.06. The van der Waals surface area contributed by atoms with Crippen molar-refractivity contribution in [2.24, 2.45) is 11.1 Å². The normalized spacial score (nSPS) is 21.4. The molecule has 1 saturated carbocycles. The van der Waals surface area contributed by atoms with Crippen LogP contribution in [0, 0.1) is 5.41 Å². The van der Waals surface area contributed by atoms with E-state index in [0.29, 0.717) is 6.42 Å². The lowest BCUT2D eigenvalue weighted by Crippen LogP contribution is -2.17. The first-order valence-corrected chi connectivity index (χ1v) is 3.71. The smallest absolute Gasteiger partial charge is 0.218 e. The number of carbonyl (C=O) groups is 1. The molecule has 0 bridgehead atoms. The van der Waals surface area contributed by atoms with E-state index in [2.05, 4.69) is 12.6 Å². The summed E-state index contributed by atoms with van der Waals surface area (Å²) in [6, 6.07) is 0. The second-order valence-electron chi connectivity index (χ2n) is 2.80. The van der Waals surface area contributed by atoms with Crippen molar-refractivity contribution in [2.75, 3.05) is 5.75 Å². The van der Waals surface area contributed by atoms with Crippen LogP contribution in [0.1, 0.15) is 19.3 Å². The highest BCUT2D eigenvalue weighted by atomic mass is 32.1. The Morgan fingerprint density at radius 1 is 1.67 bits per heavy atom. The zero-order chi connectivity index (χ0) is 6.91. The minimum atomic E-state index is -0.193. The van der Waals surface area contributed by atoms with Crippen LogP contribution in [0.5, 0.6) is 0 Å². The Bertz CT molecular complexity index is 131. The zero-order valence-electron chi connectivity index (χ0n) is 5.26. The number of nitrogens with two attached hydrogens (primary N) is 1. The molecule has 1 aliphatic rings. The Labute approximate surface area is 60.2 Å². The lowest BCUT2D eigenvalue weighted by molar-refractivity contribution is -0.119. The third kappa shape index (κ3) is 1.61. The quantitative estimate of drug-likeness (QED) is 0.560. The van der Waals surface area contributed by atoms with E-state index in [1.807, 2.05) is 0 Å². The van der Waals surface area contributed by atoms with Crippen LogP contribution in [0.25, 0.3) is 0 Å². The average Bonchev–Trinajstić information content (AvgIpc) is 2.48. The Morgan fingerprint density at radius 3 is 2.33 bits per heavy atom. The number of thiol groups is 1. The summed E-state index contributed by atoms with van der Waals surface area (Å²) in [4.78, 5) is 10.4. The molecular formula is C6H11NOS. The molecule has 1 aliphatic carbocycles. The fourth-order valence-electron chi connectivity index (χ4n) is 0.937. The third-order valence-corrected chi connectivity index (χ3v) is 2.51. The Hall–Kier alpha value is -0.180. The van der Waals surface area contributed by atoms with Crippen LogP contribution in [-0.2, 0) is 4.79 Å². The van der Waals surface area contributed by atoms with Gasteiger partial charge in [-0.2, -0.15) is 12.6 Å². The molecule has 1 rings (SSSR count). The second kappa shape index (κ2) is 2.21. The Kier molecular flexibility index (Phi) is 1.70. The number of amides is 1. The topological polar surface area (TPSA) is 43.1 Å². The molecule has 2 N–H and O–H groups in total. The van der Waals surface area contributed by atoms with Crippen molar-refractivity contribution in [2.45, 2.75) is 19.3 Å². The van der Waals surface area contributed by atoms with Crippen molar-refractivity contribution in [3.05, 3.63) is 0 Å². The van der Waals surface area contributed by atoms with Crippen molar-refractivity contribution in [1.29, 1.82) is 0 Å². The van der Waals surface area contributed by atoms with Gasteiger partial charge >= 0.3 is 0 Å². The number of hydrogen-bond acceptors (Lipinski definition) is 2. The summed E-state index contributed by atoms with van der Waals surface area (Å²) in [5.41, 5.74) is 5.22. The van der Waals surface area contributed by atoms with Gasteiger partial charge in [-0.1, -0.05) is 0 Å². The molecule has 0 unspecified atom stereocenters. The molecule has 0 radical (unpaired) electrons. The Balaban J connectivity index is 2.33. The molecule has 1 fully saturated rings. The van der Waals surface area contributed by atoms with Crippen molar-refractivity contribution in [3.63, 3.8) is 0 Å². The van der Waals surface area contributed by atoms with E-state index in [0.717, 1.165) is 18.6 Å². The largest absolute Gasteiger partial charge is 0.370 e. The van der Waals surface area contributed by atoms with Crippen LogP contribution in [0.2, 0.25) is 0 Å². The molecule has 2 nitrogen and oxygen atoms in total. The SMILES string of the molecule is NC(=O)CC1(CS)CC1. The van der Waals surface area contributed by atoms with Crippen molar-refractivity contribution in [3.8, 4) is 0 Å². The minimum Gasteiger partial charge on any atom is -0.370 e. The Morgan fingerprint density at radius 2 is 2.22 bits per heavy atom. The highest BCUT2D eigenvalue weighted by Gasteiger charge is 2.42. The molecule has 0 aliphatic heterocycles. The van der Waals surface area contributed by atoms with Gasteiger partial charge in [0, 0.05) is 6.42 Å². The molecule has 1 amide bonds. The monoisotopic (exact) mass is 145 g/mol. The third-order valence-electron chi connectivity index (χ3n) is 1.84. The van der Waals surface area contributed by atoms with Gasteiger partial charge in [0.25, 0.3) is 0 Å². The summed E-state index contributed by atoms with van der Waals surface area (Å²) in [6.45, 7) is 0. The molecule has 0 saturated heterocycles. The molecule has 52 valence electrons. The van der Waals surface area contributed by atoms with Gasteiger partial charge in [0.2, 0.25) is 5.91 Å². The predicted octanol–water partition coefficient (Wildman–Crippen LogP) is 0.572. The molecule has 3 heteroatoms. The van der Waals surface area contributed by atoms with Gasteiger partial charge in [0.15, 0.2) is 0 Å². The van der Waals surface area contributed by atoms with Crippen LogP contribution in [0.4, 0.5) is 0 Å². The summed E-state index contributed by atoms with van der Waals surface area (Å²) in [6.07, 6.45) is 2.77. The van der Waals surface area contributed by atoms with Gasteiger partial charge in [-0.25, -0.2) is 0 Å². The number of rotatable bonds is 3. The maximum Gasteiger partial charge on any atom is 0.218 e. The fraction of sp³-hybridized carbons (Fsp3) is 0.833. The van der Waals surface area contributed by atoms with Gasteiger partial charge in [0.1, 0.15) is 0 Å². The van der Waals surface area contributed by atoms with E-state index in [1.165, 1.54) is 0 Å². The highest BCUT2D eigenvalue weighted by molar-refractivity contribution is 7.80. The molecule has 9 heavy (non-hydrogen) atoms. The van der Waals surface area contributed by atoms with Gasteiger partial charge in [-0.3, -0.25) is 4.79 Å². The van der Waals surface area contributed by atoms with E-state index in [1.54, 1.807) is 0 Å². The second-order valence-corrected chi connectivity index (χ2v) is 3.12. The van der Waals surface area contributed by atoms with E-state index in [9.17, 15) is 4.79 Å². The summed E-state index contributed by atoms with van der Waals surface area (Å²) in [5, 5.41) is 0.